The average Bonchev–Trinajstić information content (AvgIpc) is 2.91. The lowest BCUT2D eigenvalue weighted by Crippen LogP contribution is -1.99. The van der Waals surface area contributed by atoms with Gasteiger partial charge in [-0.05, 0) is 29.8 Å². The predicted octanol–water partition coefficient (Wildman–Crippen LogP) is 2.87. The van der Waals surface area contributed by atoms with Crippen LogP contribution in [-0.4, -0.2) is 27.8 Å². The van der Waals surface area contributed by atoms with Gasteiger partial charge in [-0.15, -0.1) is 0 Å². The van der Waals surface area contributed by atoms with Crippen LogP contribution in [0.1, 0.15) is 5.56 Å². The maximum Gasteiger partial charge on any atom is 0.269 e. The van der Waals surface area contributed by atoms with Gasteiger partial charge in [0.2, 0.25) is 5.95 Å². The molecule has 0 saturated carbocycles. The summed E-state index contributed by atoms with van der Waals surface area (Å²) < 4.78 is 1.69. The van der Waals surface area contributed by atoms with Crippen LogP contribution in [0.25, 0.3) is 11.0 Å². The first-order chi connectivity index (χ1) is 10.7. The van der Waals surface area contributed by atoms with Crippen LogP contribution in [0, 0.1) is 10.1 Å². The number of nitrogens with zero attached hydrogens (tertiary/aromatic N) is 4. The van der Waals surface area contributed by atoms with Gasteiger partial charge in [-0.25, -0.2) is 4.98 Å². The second kappa shape index (κ2) is 5.65. The number of para-hydroxylation sites is 2. The Bertz CT molecular complexity index is 852. The molecule has 0 aliphatic carbocycles. The summed E-state index contributed by atoms with van der Waals surface area (Å²) in [6.07, 6.45) is 1.64. The molecule has 0 amide bonds. The molecule has 7 heteroatoms. The number of fused-ring (bicyclic) bond motifs is 1. The minimum atomic E-state index is -0.427. The SMILES string of the molecule is CNc1nc2ccccc2n1N=Cc1ccc([N+](=O)[O-])cc1. The molecule has 1 N–H and O–H groups in total. The Labute approximate surface area is 126 Å². The van der Waals surface area contributed by atoms with Crippen molar-refractivity contribution in [2.75, 3.05) is 12.4 Å². The summed E-state index contributed by atoms with van der Waals surface area (Å²) >= 11 is 0. The molecule has 1 aromatic heterocycles. The zero-order valence-corrected chi connectivity index (χ0v) is 11.8. The molecule has 0 aliphatic rings. The highest BCUT2D eigenvalue weighted by atomic mass is 16.6. The molecular weight excluding hydrogens is 282 g/mol. The quantitative estimate of drug-likeness (QED) is 0.455. The van der Waals surface area contributed by atoms with Gasteiger partial charge in [-0.2, -0.15) is 9.78 Å². The Balaban J connectivity index is 1.96. The number of anilines is 1. The largest absolute Gasteiger partial charge is 0.357 e. The van der Waals surface area contributed by atoms with Crippen molar-refractivity contribution in [2.24, 2.45) is 5.10 Å². The molecule has 2 aromatic carbocycles. The second-order valence-electron chi connectivity index (χ2n) is 4.58. The van der Waals surface area contributed by atoms with E-state index in [4.69, 9.17) is 0 Å². The maximum atomic E-state index is 10.6. The number of hydrogen-bond acceptors (Lipinski definition) is 5. The van der Waals surface area contributed by atoms with Crippen LogP contribution < -0.4 is 5.32 Å². The van der Waals surface area contributed by atoms with Crippen molar-refractivity contribution in [3.8, 4) is 0 Å². The van der Waals surface area contributed by atoms with E-state index >= 15 is 0 Å². The lowest BCUT2D eigenvalue weighted by Gasteiger charge is -2.01. The number of nitro groups is 1. The monoisotopic (exact) mass is 295 g/mol. The topological polar surface area (TPSA) is 85.3 Å². The van der Waals surface area contributed by atoms with Crippen molar-refractivity contribution in [3.05, 3.63) is 64.2 Å². The van der Waals surface area contributed by atoms with Crippen molar-refractivity contribution in [1.82, 2.24) is 9.66 Å². The van der Waals surface area contributed by atoms with E-state index in [9.17, 15) is 10.1 Å². The number of imidazole rings is 1. The van der Waals surface area contributed by atoms with Gasteiger partial charge < -0.3 is 5.32 Å². The lowest BCUT2D eigenvalue weighted by molar-refractivity contribution is -0.384. The number of aromatic nitrogens is 2. The van der Waals surface area contributed by atoms with Gasteiger partial charge in [0, 0.05) is 19.2 Å². The van der Waals surface area contributed by atoms with Gasteiger partial charge in [0.15, 0.2) is 0 Å². The van der Waals surface area contributed by atoms with E-state index < -0.39 is 4.92 Å². The van der Waals surface area contributed by atoms with Gasteiger partial charge in [-0.3, -0.25) is 10.1 Å². The maximum absolute atomic E-state index is 10.6. The Kier molecular flexibility index (Phi) is 3.53. The third kappa shape index (κ3) is 2.51. The lowest BCUT2D eigenvalue weighted by atomic mass is 10.2. The van der Waals surface area contributed by atoms with Crippen LogP contribution in [0.15, 0.2) is 53.6 Å². The molecule has 110 valence electrons. The number of nitrogens with one attached hydrogen (secondary N) is 1. The van der Waals surface area contributed by atoms with E-state index in [0.717, 1.165) is 16.6 Å². The molecule has 0 spiro atoms. The molecule has 0 saturated heterocycles. The standard InChI is InChI=1S/C15H13N5O2/c1-16-15-18-13-4-2-3-5-14(13)19(15)17-10-11-6-8-12(9-7-11)20(21)22/h2-10H,1H3,(H,16,18). The summed E-state index contributed by atoms with van der Waals surface area (Å²) in [5.41, 5.74) is 2.55. The summed E-state index contributed by atoms with van der Waals surface area (Å²) in [6.45, 7) is 0. The molecule has 0 bridgehead atoms. The fourth-order valence-electron chi connectivity index (χ4n) is 2.10. The van der Waals surface area contributed by atoms with Gasteiger partial charge in [-0.1, -0.05) is 12.1 Å². The van der Waals surface area contributed by atoms with E-state index in [0.29, 0.717) is 5.95 Å². The third-order valence-electron chi connectivity index (χ3n) is 3.19. The Morgan fingerprint density at radius 3 is 2.64 bits per heavy atom. The minimum Gasteiger partial charge on any atom is -0.357 e. The number of nitro benzene ring substituents is 1. The second-order valence-corrected chi connectivity index (χ2v) is 4.58. The highest BCUT2D eigenvalue weighted by Crippen LogP contribution is 2.19. The number of benzene rings is 2. The first kappa shape index (κ1) is 13.7. The van der Waals surface area contributed by atoms with Crippen LogP contribution >= 0.6 is 0 Å². The first-order valence-corrected chi connectivity index (χ1v) is 6.63. The summed E-state index contributed by atoms with van der Waals surface area (Å²) in [4.78, 5) is 14.6. The number of hydrogen-bond donors (Lipinski definition) is 1. The molecule has 0 atom stereocenters. The molecule has 22 heavy (non-hydrogen) atoms. The summed E-state index contributed by atoms with van der Waals surface area (Å²) in [5, 5.41) is 18.0. The Morgan fingerprint density at radius 2 is 1.95 bits per heavy atom. The van der Waals surface area contributed by atoms with Gasteiger partial charge in [0.05, 0.1) is 22.2 Å². The van der Waals surface area contributed by atoms with Crippen molar-refractivity contribution in [2.45, 2.75) is 0 Å². The van der Waals surface area contributed by atoms with E-state index in [2.05, 4.69) is 15.4 Å². The molecule has 3 rings (SSSR count). The van der Waals surface area contributed by atoms with E-state index in [1.54, 1.807) is 30.1 Å². The van der Waals surface area contributed by atoms with Crippen LogP contribution in [0.3, 0.4) is 0 Å². The predicted molar refractivity (Wildman–Crippen MR) is 85.4 cm³/mol. The molecule has 0 fully saturated rings. The van der Waals surface area contributed by atoms with Gasteiger partial charge >= 0.3 is 0 Å². The first-order valence-electron chi connectivity index (χ1n) is 6.63. The molecule has 0 aliphatic heterocycles. The smallest absolute Gasteiger partial charge is 0.269 e. The summed E-state index contributed by atoms with van der Waals surface area (Å²) in [7, 11) is 1.78. The fourth-order valence-corrected chi connectivity index (χ4v) is 2.10. The third-order valence-corrected chi connectivity index (χ3v) is 3.19. The molecule has 3 aromatic rings. The highest BCUT2D eigenvalue weighted by molar-refractivity contribution is 5.83. The minimum absolute atomic E-state index is 0.0566. The molecule has 7 nitrogen and oxygen atoms in total. The summed E-state index contributed by atoms with van der Waals surface area (Å²) in [5.74, 6) is 0.624. The van der Waals surface area contributed by atoms with Gasteiger partial charge in [0.25, 0.3) is 5.69 Å². The zero-order chi connectivity index (χ0) is 15.5. The highest BCUT2D eigenvalue weighted by Gasteiger charge is 2.07. The summed E-state index contributed by atoms with van der Waals surface area (Å²) in [6, 6.07) is 13.9. The van der Waals surface area contributed by atoms with E-state index in [-0.39, 0.29) is 5.69 Å². The molecule has 1 heterocycles. The number of non-ortho nitro benzene ring substituents is 1. The van der Waals surface area contributed by atoms with Crippen molar-refractivity contribution < 1.29 is 4.92 Å². The van der Waals surface area contributed by atoms with Crippen molar-refractivity contribution in [3.63, 3.8) is 0 Å². The molecule has 0 radical (unpaired) electrons. The van der Waals surface area contributed by atoms with Crippen molar-refractivity contribution >= 4 is 28.9 Å². The molecular formula is C15H13N5O2. The van der Waals surface area contributed by atoms with Crippen molar-refractivity contribution in [1.29, 1.82) is 0 Å². The van der Waals surface area contributed by atoms with Crippen LogP contribution in [0.4, 0.5) is 11.6 Å². The van der Waals surface area contributed by atoms with Crippen LogP contribution in [0.5, 0.6) is 0 Å². The molecule has 0 unspecified atom stereocenters. The van der Waals surface area contributed by atoms with Gasteiger partial charge in [0.1, 0.15) is 0 Å². The van der Waals surface area contributed by atoms with Crippen LogP contribution in [0.2, 0.25) is 0 Å². The average molecular weight is 295 g/mol. The fraction of sp³-hybridized carbons (Fsp3) is 0.0667. The Morgan fingerprint density at radius 1 is 1.23 bits per heavy atom. The van der Waals surface area contributed by atoms with E-state index in [1.165, 1.54) is 12.1 Å². The Hall–Kier alpha value is -3.22. The zero-order valence-electron chi connectivity index (χ0n) is 11.8. The number of rotatable bonds is 4. The van der Waals surface area contributed by atoms with E-state index in [1.807, 2.05) is 24.3 Å². The normalized spacial score (nSPS) is 11.1. The van der Waals surface area contributed by atoms with Crippen LogP contribution in [-0.2, 0) is 0 Å².